The number of rotatable bonds is 7. The number of phenols is 1. The van der Waals surface area contributed by atoms with Crippen LogP contribution in [0.3, 0.4) is 0 Å². The Morgan fingerprint density at radius 3 is 2.64 bits per heavy atom. The van der Waals surface area contributed by atoms with E-state index in [1.165, 1.54) is 5.56 Å². The Bertz CT molecular complexity index is 657. The fraction of sp³-hybridized carbons (Fsp3) is 0.444. The van der Waals surface area contributed by atoms with E-state index in [0.29, 0.717) is 5.75 Å². The van der Waals surface area contributed by atoms with Crippen molar-refractivity contribution in [1.82, 2.24) is 15.2 Å². The number of guanidine groups is 1. The monoisotopic (exact) mass is 474 g/mol. The maximum Gasteiger partial charge on any atom is 0.194 e. The van der Waals surface area contributed by atoms with Crippen molar-refractivity contribution in [2.45, 2.75) is 33.2 Å². The highest BCUT2D eigenvalue weighted by Crippen LogP contribution is 2.12. The number of nitrogens with one attached hydrogen (secondary N) is 1. The molecule has 2 N–H and O–H groups in total. The standard InChI is InChI=1S/C18H26N4OS.HI/c1-4-19-18(22(3)12-16-13-24-14(2)21-16)20-11-5-6-15-7-9-17(23)10-8-15;/h7-10,13,23H,4-6,11-12H2,1-3H3,(H,19,20);1H. The number of benzene rings is 1. The third-order valence-corrected chi connectivity index (χ3v) is 4.41. The molecule has 0 atom stereocenters. The predicted octanol–water partition coefficient (Wildman–Crippen LogP) is 3.81. The summed E-state index contributed by atoms with van der Waals surface area (Å²) in [6.07, 6.45) is 1.93. The highest BCUT2D eigenvalue weighted by molar-refractivity contribution is 14.0. The molecule has 0 aliphatic rings. The molecule has 1 aromatic heterocycles. The van der Waals surface area contributed by atoms with E-state index < -0.39 is 0 Å². The molecule has 0 amide bonds. The number of aliphatic imine (C=N–C) groups is 1. The van der Waals surface area contributed by atoms with Gasteiger partial charge in [0.1, 0.15) is 5.75 Å². The second-order valence-corrected chi connectivity index (χ2v) is 6.78. The third kappa shape index (κ3) is 7.60. The molecule has 0 spiro atoms. The van der Waals surface area contributed by atoms with E-state index in [9.17, 15) is 5.11 Å². The Hall–Kier alpha value is -1.35. The summed E-state index contributed by atoms with van der Waals surface area (Å²) in [7, 11) is 2.04. The molecule has 1 aromatic carbocycles. The Balaban J connectivity index is 0.00000312. The topological polar surface area (TPSA) is 60.8 Å². The molecular formula is C18H27IN4OS. The lowest BCUT2D eigenvalue weighted by atomic mass is 10.1. The van der Waals surface area contributed by atoms with Gasteiger partial charge in [-0.1, -0.05) is 12.1 Å². The molecule has 2 rings (SSSR count). The highest BCUT2D eigenvalue weighted by Gasteiger charge is 2.08. The first-order valence-electron chi connectivity index (χ1n) is 8.27. The zero-order valence-electron chi connectivity index (χ0n) is 15.0. The van der Waals surface area contributed by atoms with Gasteiger partial charge in [0, 0.05) is 25.5 Å². The van der Waals surface area contributed by atoms with E-state index in [4.69, 9.17) is 4.99 Å². The Labute approximate surface area is 171 Å². The molecule has 138 valence electrons. The highest BCUT2D eigenvalue weighted by atomic mass is 127. The number of hydrogen-bond donors (Lipinski definition) is 2. The van der Waals surface area contributed by atoms with Gasteiger partial charge in [-0.2, -0.15) is 0 Å². The van der Waals surface area contributed by atoms with Gasteiger partial charge in [-0.3, -0.25) is 4.99 Å². The van der Waals surface area contributed by atoms with Crippen LogP contribution in [0.25, 0.3) is 0 Å². The number of phenolic OH excluding ortho intramolecular Hbond substituents is 1. The third-order valence-electron chi connectivity index (χ3n) is 3.58. The van der Waals surface area contributed by atoms with Gasteiger partial charge >= 0.3 is 0 Å². The van der Waals surface area contributed by atoms with Crippen LogP contribution < -0.4 is 5.32 Å². The summed E-state index contributed by atoms with van der Waals surface area (Å²) >= 11 is 1.68. The summed E-state index contributed by atoms with van der Waals surface area (Å²) in [5.74, 6) is 1.22. The van der Waals surface area contributed by atoms with Gasteiger partial charge in [0.05, 0.1) is 17.2 Å². The maximum absolute atomic E-state index is 9.30. The summed E-state index contributed by atoms with van der Waals surface area (Å²) < 4.78 is 0. The predicted molar refractivity (Wildman–Crippen MR) is 116 cm³/mol. The fourth-order valence-corrected chi connectivity index (χ4v) is 3.00. The van der Waals surface area contributed by atoms with Crippen molar-refractivity contribution >= 4 is 41.3 Å². The number of thiazole rings is 1. The minimum Gasteiger partial charge on any atom is -0.508 e. The van der Waals surface area contributed by atoms with Crippen LogP contribution >= 0.6 is 35.3 Å². The van der Waals surface area contributed by atoms with Crippen molar-refractivity contribution in [3.8, 4) is 5.75 Å². The molecule has 0 bridgehead atoms. The average Bonchev–Trinajstić information content (AvgIpc) is 2.97. The lowest BCUT2D eigenvalue weighted by Gasteiger charge is -2.21. The molecule has 0 saturated carbocycles. The number of halogens is 1. The van der Waals surface area contributed by atoms with E-state index in [1.807, 2.05) is 26.1 Å². The van der Waals surface area contributed by atoms with E-state index >= 15 is 0 Å². The first-order chi connectivity index (χ1) is 11.6. The van der Waals surface area contributed by atoms with Crippen LogP contribution in [-0.4, -0.2) is 41.1 Å². The number of hydrogen-bond acceptors (Lipinski definition) is 4. The summed E-state index contributed by atoms with van der Waals surface area (Å²) in [5.41, 5.74) is 2.30. The molecule has 0 aliphatic heterocycles. The molecule has 0 unspecified atom stereocenters. The van der Waals surface area contributed by atoms with Crippen LogP contribution in [0, 0.1) is 6.92 Å². The lowest BCUT2D eigenvalue weighted by molar-refractivity contribution is 0.470. The van der Waals surface area contributed by atoms with Crippen molar-refractivity contribution in [2.24, 2.45) is 4.99 Å². The van der Waals surface area contributed by atoms with Crippen LogP contribution in [0.5, 0.6) is 5.75 Å². The molecule has 1 heterocycles. The minimum absolute atomic E-state index is 0. The largest absolute Gasteiger partial charge is 0.508 e. The van der Waals surface area contributed by atoms with Crippen LogP contribution in [-0.2, 0) is 13.0 Å². The zero-order chi connectivity index (χ0) is 17.4. The molecule has 5 nitrogen and oxygen atoms in total. The summed E-state index contributed by atoms with van der Waals surface area (Å²) in [6, 6.07) is 7.38. The number of aromatic hydroxyl groups is 1. The van der Waals surface area contributed by atoms with Crippen molar-refractivity contribution < 1.29 is 5.11 Å². The van der Waals surface area contributed by atoms with Gasteiger partial charge in [0.15, 0.2) is 5.96 Å². The number of aromatic nitrogens is 1. The number of aryl methyl sites for hydroxylation is 2. The summed E-state index contributed by atoms with van der Waals surface area (Å²) in [4.78, 5) is 11.3. The van der Waals surface area contributed by atoms with Gasteiger partial charge in [-0.15, -0.1) is 35.3 Å². The fourth-order valence-electron chi connectivity index (χ4n) is 2.40. The maximum atomic E-state index is 9.30. The van der Waals surface area contributed by atoms with Crippen LogP contribution in [0.15, 0.2) is 34.6 Å². The van der Waals surface area contributed by atoms with Gasteiger partial charge in [0.25, 0.3) is 0 Å². The first kappa shape index (κ1) is 21.7. The molecule has 0 aliphatic carbocycles. The normalized spacial score (nSPS) is 11.1. The van der Waals surface area contributed by atoms with Crippen molar-refractivity contribution in [3.63, 3.8) is 0 Å². The molecule has 0 radical (unpaired) electrons. The van der Waals surface area contributed by atoms with E-state index in [0.717, 1.165) is 49.1 Å². The first-order valence-corrected chi connectivity index (χ1v) is 9.14. The summed E-state index contributed by atoms with van der Waals surface area (Å²) in [6.45, 7) is 6.47. The molecule has 0 fully saturated rings. The zero-order valence-corrected chi connectivity index (χ0v) is 18.2. The van der Waals surface area contributed by atoms with Gasteiger partial charge in [0.2, 0.25) is 0 Å². The van der Waals surface area contributed by atoms with E-state index in [-0.39, 0.29) is 24.0 Å². The second-order valence-electron chi connectivity index (χ2n) is 5.72. The lowest BCUT2D eigenvalue weighted by Crippen LogP contribution is -2.38. The Kier molecular flexibility index (Phi) is 9.81. The molecule has 2 aromatic rings. The van der Waals surface area contributed by atoms with E-state index in [2.05, 4.69) is 27.5 Å². The van der Waals surface area contributed by atoms with Crippen molar-refractivity contribution in [2.75, 3.05) is 20.1 Å². The molecule has 7 heteroatoms. The molecule has 0 saturated heterocycles. The van der Waals surface area contributed by atoms with Crippen LogP contribution in [0.2, 0.25) is 0 Å². The number of nitrogens with zero attached hydrogens (tertiary/aromatic N) is 3. The minimum atomic E-state index is 0. The molecular weight excluding hydrogens is 447 g/mol. The molecule has 25 heavy (non-hydrogen) atoms. The second kappa shape index (κ2) is 11.3. The smallest absolute Gasteiger partial charge is 0.194 e. The van der Waals surface area contributed by atoms with Crippen LogP contribution in [0.4, 0.5) is 0 Å². The Morgan fingerprint density at radius 2 is 2.04 bits per heavy atom. The van der Waals surface area contributed by atoms with Gasteiger partial charge < -0.3 is 15.3 Å². The van der Waals surface area contributed by atoms with E-state index in [1.54, 1.807) is 23.5 Å². The van der Waals surface area contributed by atoms with Crippen molar-refractivity contribution in [3.05, 3.63) is 45.9 Å². The van der Waals surface area contributed by atoms with Crippen LogP contribution in [0.1, 0.15) is 29.6 Å². The summed E-state index contributed by atoms with van der Waals surface area (Å²) in [5, 5.41) is 15.8. The van der Waals surface area contributed by atoms with Gasteiger partial charge in [-0.05, 0) is 44.4 Å². The quantitative estimate of drug-likeness (QED) is 0.278. The Morgan fingerprint density at radius 1 is 1.32 bits per heavy atom. The SMILES string of the molecule is CCNC(=NCCCc1ccc(O)cc1)N(C)Cc1csc(C)n1.I. The average molecular weight is 474 g/mol. The van der Waals surface area contributed by atoms with Crippen molar-refractivity contribution in [1.29, 1.82) is 0 Å². The van der Waals surface area contributed by atoms with Gasteiger partial charge in [-0.25, -0.2) is 4.98 Å².